The number of hydrogen-bond donors (Lipinski definition) is 2. The molecule has 0 aliphatic carbocycles. The number of thioether (sulfide) groups is 1. The summed E-state index contributed by atoms with van der Waals surface area (Å²) in [4.78, 5) is 24.0. The summed E-state index contributed by atoms with van der Waals surface area (Å²) in [5.74, 6) is -0.105. The maximum atomic E-state index is 11.6. The van der Waals surface area contributed by atoms with Crippen molar-refractivity contribution in [3.05, 3.63) is 29.3 Å². The van der Waals surface area contributed by atoms with E-state index in [2.05, 4.69) is 16.7 Å². The van der Waals surface area contributed by atoms with E-state index in [1.54, 1.807) is 7.11 Å². The van der Waals surface area contributed by atoms with Gasteiger partial charge >= 0.3 is 6.03 Å². The Morgan fingerprint density at radius 3 is 2.70 bits per heavy atom. The third-order valence-electron chi connectivity index (χ3n) is 2.53. The number of carbonyl (C=O) groups excluding carboxylic acids is 2. The van der Waals surface area contributed by atoms with Gasteiger partial charge in [-0.15, -0.1) is 11.8 Å². The highest BCUT2D eigenvalue weighted by Crippen LogP contribution is 2.22. The summed E-state index contributed by atoms with van der Waals surface area (Å²) in [6, 6.07) is 5.57. The number of rotatable bonds is 6. The molecule has 1 aromatic rings. The van der Waals surface area contributed by atoms with Gasteiger partial charge in [-0.3, -0.25) is 10.1 Å². The highest BCUT2D eigenvalue weighted by Gasteiger charge is 2.08. The molecule has 0 saturated carbocycles. The van der Waals surface area contributed by atoms with E-state index in [4.69, 9.17) is 4.74 Å². The third kappa shape index (κ3) is 6.08. The summed E-state index contributed by atoms with van der Waals surface area (Å²) in [7, 11) is 1.55. The normalized spacial score (nSPS) is 10.2. The number of amides is 3. The molecule has 110 valence electrons. The molecule has 0 spiro atoms. The van der Waals surface area contributed by atoms with Crippen molar-refractivity contribution >= 4 is 23.7 Å². The Kier molecular flexibility index (Phi) is 7.11. The minimum absolute atomic E-state index is 0.210. The molecule has 0 unspecified atom stereocenters. The first-order chi connectivity index (χ1) is 9.52. The first-order valence-electron chi connectivity index (χ1n) is 6.29. The van der Waals surface area contributed by atoms with Crippen molar-refractivity contribution in [1.82, 2.24) is 10.6 Å². The molecule has 6 heteroatoms. The van der Waals surface area contributed by atoms with Gasteiger partial charge in [-0.2, -0.15) is 0 Å². The van der Waals surface area contributed by atoms with Gasteiger partial charge in [0.15, 0.2) is 0 Å². The monoisotopic (exact) mass is 296 g/mol. The second-order valence-electron chi connectivity index (χ2n) is 4.35. The Labute approximate surface area is 123 Å². The molecule has 2 N–H and O–H groups in total. The molecule has 0 aliphatic heterocycles. The van der Waals surface area contributed by atoms with E-state index in [1.807, 2.05) is 26.0 Å². The molecule has 1 rings (SSSR count). The maximum absolute atomic E-state index is 11.6. The van der Waals surface area contributed by atoms with E-state index < -0.39 is 6.03 Å². The predicted octanol–water partition coefficient (Wildman–Crippen LogP) is 1.87. The highest BCUT2D eigenvalue weighted by molar-refractivity contribution is 8.00. The minimum atomic E-state index is -0.492. The predicted molar refractivity (Wildman–Crippen MR) is 80.1 cm³/mol. The van der Waals surface area contributed by atoms with E-state index in [9.17, 15) is 9.59 Å². The van der Waals surface area contributed by atoms with E-state index in [0.29, 0.717) is 13.2 Å². The molecule has 0 saturated heterocycles. The molecule has 20 heavy (non-hydrogen) atoms. The van der Waals surface area contributed by atoms with E-state index in [0.717, 1.165) is 10.5 Å². The lowest BCUT2D eigenvalue weighted by Crippen LogP contribution is -2.41. The smallest absolute Gasteiger partial charge is 0.321 e. The summed E-state index contributed by atoms with van der Waals surface area (Å²) in [5, 5.41) is 4.80. The van der Waals surface area contributed by atoms with Gasteiger partial charge in [-0.25, -0.2) is 4.79 Å². The zero-order chi connectivity index (χ0) is 15.0. The van der Waals surface area contributed by atoms with Crippen molar-refractivity contribution in [3.63, 3.8) is 0 Å². The molecule has 1 aromatic carbocycles. The average Bonchev–Trinajstić information content (AvgIpc) is 2.38. The Morgan fingerprint density at radius 1 is 1.30 bits per heavy atom. The Morgan fingerprint density at radius 2 is 2.05 bits per heavy atom. The van der Waals surface area contributed by atoms with Gasteiger partial charge in [0.25, 0.3) is 0 Å². The Hall–Kier alpha value is -1.53. The number of methoxy groups -OCH3 is 1. The number of ether oxygens (including phenoxy) is 1. The van der Waals surface area contributed by atoms with Gasteiger partial charge in [0, 0.05) is 18.6 Å². The second-order valence-corrected chi connectivity index (χ2v) is 5.37. The molecule has 0 atom stereocenters. The largest absolute Gasteiger partial charge is 0.383 e. The first-order valence-corrected chi connectivity index (χ1v) is 7.28. The number of urea groups is 1. The van der Waals surface area contributed by atoms with Gasteiger partial charge in [0.2, 0.25) is 5.91 Å². The number of imide groups is 1. The number of aryl methyl sites for hydroxylation is 2. The average molecular weight is 296 g/mol. The van der Waals surface area contributed by atoms with Crippen molar-refractivity contribution in [2.45, 2.75) is 18.7 Å². The Balaban J connectivity index is 2.34. The van der Waals surface area contributed by atoms with Crippen molar-refractivity contribution in [2.75, 3.05) is 26.0 Å². The molecular formula is C14H20N2O3S. The number of carbonyl (C=O) groups is 2. The van der Waals surface area contributed by atoms with Crippen molar-refractivity contribution in [2.24, 2.45) is 0 Å². The summed E-state index contributed by atoms with van der Waals surface area (Å²) < 4.78 is 4.79. The zero-order valence-corrected chi connectivity index (χ0v) is 12.8. The van der Waals surface area contributed by atoms with Crippen LogP contribution in [0.3, 0.4) is 0 Å². The van der Waals surface area contributed by atoms with Crippen molar-refractivity contribution in [1.29, 1.82) is 0 Å². The summed E-state index contributed by atoms with van der Waals surface area (Å²) in [6.07, 6.45) is 0. The fourth-order valence-electron chi connectivity index (χ4n) is 1.58. The number of nitrogens with one attached hydrogen (secondary N) is 2. The van der Waals surface area contributed by atoms with Crippen LogP contribution >= 0.6 is 11.8 Å². The van der Waals surface area contributed by atoms with Gasteiger partial charge in [-0.1, -0.05) is 17.7 Å². The number of hydrogen-bond acceptors (Lipinski definition) is 4. The van der Waals surface area contributed by atoms with Crippen LogP contribution < -0.4 is 10.6 Å². The van der Waals surface area contributed by atoms with E-state index in [-0.39, 0.29) is 11.7 Å². The van der Waals surface area contributed by atoms with Crippen LogP contribution in [0.25, 0.3) is 0 Å². The van der Waals surface area contributed by atoms with Crippen molar-refractivity contribution < 1.29 is 14.3 Å². The van der Waals surface area contributed by atoms with Gasteiger partial charge in [0.1, 0.15) is 0 Å². The quantitative estimate of drug-likeness (QED) is 0.621. The summed E-state index contributed by atoms with van der Waals surface area (Å²) in [5.41, 5.74) is 2.32. The first kappa shape index (κ1) is 16.5. The van der Waals surface area contributed by atoms with Crippen LogP contribution in [0.4, 0.5) is 4.79 Å². The topological polar surface area (TPSA) is 67.4 Å². The lowest BCUT2D eigenvalue weighted by atomic mass is 10.2. The molecule has 0 heterocycles. The van der Waals surface area contributed by atoms with Gasteiger partial charge < -0.3 is 10.1 Å². The zero-order valence-electron chi connectivity index (χ0n) is 12.0. The summed E-state index contributed by atoms with van der Waals surface area (Å²) in [6.45, 7) is 4.82. The molecular weight excluding hydrogens is 276 g/mol. The number of benzene rings is 1. The van der Waals surface area contributed by atoms with Crippen LogP contribution in [0.5, 0.6) is 0 Å². The molecule has 0 aromatic heterocycles. The van der Waals surface area contributed by atoms with Crippen LogP contribution in [-0.2, 0) is 9.53 Å². The molecule has 3 amide bonds. The highest BCUT2D eigenvalue weighted by atomic mass is 32.2. The molecule has 0 fully saturated rings. The molecule has 0 bridgehead atoms. The standard InChI is InChI=1S/C14H20N2O3S/c1-10-4-5-12(11(2)8-10)20-9-13(17)16-14(18)15-6-7-19-3/h4-5,8H,6-7,9H2,1-3H3,(H2,15,16,17,18). The van der Waals surface area contributed by atoms with Crippen LogP contribution in [0, 0.1) is 13.8 Å². The molecule has 0 radical (unpaired) electrons. The lowest BCUT2D eigenvalue weighted by molar-refractivity contribution is -0.117. The SMILES string of the molecule is COCCNC(=O)NC(=O)CSc1ccc(C)cc1C. The minimum Gasteiger partial charge on any atom is -0.383 e. The molecule has 5 nitrogen and oxygen atoms in total. The van der Waals surface area contributed by atoms with Crippen molar-refractivity contribution in [3.8, 4) is 0 Å². The maximum Gasteiger partial charge on any atom is 0.321 e. The van der Waals surface area contributed by atoms with Crippen LogP contribution in [0.1, 0.15) is 11.1 Å². The van der Waals surface area contributed by atoms with Crippen LogP contribution in [0.15, 0.2) is 23.1 Å². The Bertz CT molecular complexity index is 477. The fourth-order valence-corrected chi connectivity index (χ4v) is 2.39. The van der Waals surface area contributed by atoms with Crippen LogP contribution in [0.2, 0.25) is 0 Å². The third-order valence-corrected chi connectivity index (χ3v) is 3.71. The lowest BCUT2D eigenvalue weighted by Gasteiger charge is -2.08. The van der Waals surface area contributed by atoms with Gasteiger partial charge in [-0.05, 0) is 25.5 Å². The second kappa shape index (κ2) is 8.60. The molecule has 0 aliphatic rings. The van der Waals surface area contributed by atoms with Crippen LogP contribution in [-0.4, -0.2) is 38.0 Å². The fraction of sp³-hybridized carbons (Fsp3) is 0.429. The van der Waals surface area contributed by atoms with E-state index in [1.165, 1.54) is 17.3 Å². The van der Waals surface area contributed by atoms with Gasteiger partial charge in [0.05, 0.1) is 12.4 Å². The van der Waals surface area contributed by atoms with E-state index >= 15 is 0 Å². The summed E-state index contributed by atoms with van der Waals surface area (Å²) >= 11 is 1.42.